The first-order valence-electron chi connectivity index (χ1n) is 8.06. The van der Waals surface area contributed by atoms with Crippen LogP contribution in [-0.2, 0) is 14.8 Å². The fraction of sp³-hybridized carbons (Fsp3) is 0.625. The van der Waals surface area contributed by atoms with Gasteiger partial charge >= 0.3 is 0 Å². The van der Waals surface area contributed by atoms with Gasteiger partial charge in [0, 0.05) is 32.2 Å². The molecule has 1 atom stereocenters. The minimum absolute atomic E-state index is 0.0852. The molecule has 2 fully saturated rings. The molecule has 0 bridgehead atoms. The zero-order chi connectivity index (χ0) is 16.4. The van der Waals surface area contributed by atoms with E-state index < -0.39 is 15.8 Å². The zero-order valence-corrected chi connectivity index (χ0v) is 14.2. The van der Waals surface area contributed by atoms with E-state index in [4.69, 9.17) is 4.74 Å². The third-order valence-electron chi connectivity index (χ3n) is 4.57. The number of nitrogens with zero attached hydrogens (tertiary/aromatic N) is 2. The summed E-state index contributed by atoms with van der Waals surface area (Å²) in [6, 6.07) is 4.16. The molecule has 23 heavy (non-hydrogen) atoms. The lowest BCUT2D eigenvalue weighted by atomic mass is 10.2. The van der Waals surface area contributed by atoms with Crippen LogP contribution in [0.15, 0.2) is 23.1 Å². The van der Waals surface area contributed by atoms with E-state index in [2.05, 4.69) is 4.90 Å². The normalized spacial score (nSPS) is 24.2. The van der Waals surface area contributed by atoms with E-state index in [9.17, 15) is 12.8 Å². The molecule has 2 aliphatic heterocycles. The summed E-state index contributed by atoms with van der Waals surface area (Å²) < 4.78 is 46.7. The molecule has 0 amide bonds. The lowest BCUT2D eigenvalue weighted by Gasteiger charge is -2.32. The second-order valence-electron chi connectivity index (χ2n) is 6.26. The molecule has 0 spiro atoms. The first-order chi connectivity index (χ1) is 11.0. The minimum atomic E-state index is -3.79. The summed E-state index contributed by atoms with van der Waals surface area (Å²) in [5, 5.41) is 0. The first-order valence-corrected chi connectivity index (χ1v) is 9.50. The van der Waals surface area contributed by atoms with E-state index in [1.165, 1.54) is 16.4 Å². The Morgan fingerprint density at radius 1 is 1.26 bits per heavy atom. The van der Waals surface area contributed by atoms with Crippen molar-refractivity contribution in [1.29, 1.82) is 0 Å². The Bertz CT molecular complexity index is 659. The predicted octanol–water partition coefficient (Wildman–Crippen LogP) is 1.62. The Balaban J connectivity index is 1.81. The average Bonchev–Trinajstić information content (AvgIpc) is 2.99. The number of sulfonamides is 1. The monoisotopic (exact) mass is 342 g/mol. The van der Waals surface area contributed by atoms with Crippen LogP contribution in [0.5, 0.6) is 0 Å². The summed E-state index contributed by atoms with van der Waals surface area (Å²) in [6.07, 6.45) is 1.64. The summed E-state index contributed by atoms with van der Waals surface area (Å²) in [5.74, 6) is -0.673. The molecule has 2 heterocycles. The molecule has 0 radical (unpaired) electrons. The molecular formula is C16H23FN2O3S. The number of hydrogen-bond donors (Lipinski definition) is 0. The standard InChI is InChI=1S/C16H23FN2O3S/c1-13-4-5-15(17)16(11-13)23(20,21)19-6-2-3-14(19)12-18-7-9-22-10-8-18/h4-5,11,14H,2-3,6-10,12H2,1H3/t14-/m1/s1. The van der Waals surface area contributed by atoms with E-state index in [1.54, 1.807) is 13.0 Å². The van der Waals surface area contributed by atoms with Crippen LogP contribution in [0, 0.1) is 12.7 Å². The Morgan fingerprint density at radius 3 is 2.74 bits per heavy atom. The van der Waals surface area contributed by atoms with Crippen molar-refractivity contribution in [3.05, 3.63) is 29.6 Å². The summed E-state index contributed by atoms with van der Waals surface area (Å²) in [5.41, 5.74) is 0.744. The minimum Gasteiger partial charge on any atom is -0.379 e. The van der Waals surface area contributed by atoms with Crippen LogP contribution in [-0.4, -0.2) is 63.1 Å². The second-order valence-corrected chi connectivity index (χ2v) is 8.12. The molecule has 0 unspecified atom stereocenters. The summed E-state index contributed by atoms with van der Waals surface area (Å²) in [4.78, 5) is 2.03. The van der Waals surface area contributed by atoms with E-state index in [1.807, 2.05) is 0 Å². The number of halogens is 1. The zero-order valence-electron chi connectivity index (χ0n) is 13.4. The maximum Gasteiger partial charge on any atom is 0.246 e. The van der Waals surface area contributed by atoms with Crippen molar-refractivity contribution in [2.24, 2.45) is 0 Å². The molecule has 1 aromatic rings. The maximum atomic E-state index is 14.1. The van der Waals surface area contributed by atoms with E-state index in [-0.39, 0.29) is 10.9 Å². The van der Waals surface area contributed by atoms with Gasteiger partial charge in [-0.2, -0.15) is 4.31 Å². The Kier molecular flexibility index (Phi) is 5.01. The lowest BCUT2D eigenvalue weighted by molar-refractivity contribution is 0.0312. The van der Waals surface area contributed by atoms with Gasteiger partial charge in [0.2, 0.25) is 10.0 Å². The molecule has 5 nitrogen and oxygen atoms in total. The van der Waals surface area contributed by atoms with Gasteiger partial charge < -0.3 is 4.74 Å². The van der Waals surface area contributed by atoms with Gasteiger partial charge in [-0.1, -0.05) is 6.07 Å². The number of benzene rings is 1. The van der Waals surface area contributed by atoms with Crippen LogP contribution in [0.25, 0.3) is 0 Å². The molecular weight excluding hydrogens is 319 g/mol. The Hall–Kier alpha value is -1.02. The van der Waals surface area contributed by atoms with Crippen molar-refractivity contribution >= 4 is 10.0 Å². The topological polar surface area (TPSA) is 49.9 Å². The second kappa shape index (κ2) is 6.84. The van der Waals surface area contributed by atoms with Crippen LogP contribution in [0.3, 0.4) is 0 Å². The fourth-order valence-electron chi connectivity index (χ4n) is 3.32. The molecule has 7 heteroatoms. The smallest absolute Gasteiger partial charge is 0.246 e. The summed E-state index contributed by atoms with van der Waals surface area (Å²) >= 11 is 0. The molecule has 0 aromatic heterocycles. The quantitative estimate of drug-likeness (QED) is 0.834. The largest absolute Gasteiger partial charge is 0.379 e. The van der Waals surface area contributed by atoms with Gasteiger partial charge in [-0.05, 0) is 37.5 Å². The number of ether oxygens (including phenoxy) is 1. The van der Waals surface area contributed by atoms with Gasteiger partial charge in [0.05, 0.1) is 13.2 Å². The van der Waals surface area contributed by atoms with Crippen molar-refractivity contribution in [3.63, 3.8) is 0 Å². The van der Waals surface area contributed by atoms with Crippen LogP contribution in [0.4, 0.5) is 4.39 Å². The van der Waals surface area contributed by atoms with E-state index >= 15 is 0 Å². The van der Waals surface area contributed by atoms with E-state index in [0.717, 1.165) is 31.5 Å². The van der Waals surface area contributed by atoms with Crippen molar-refractivity contribution < 1.29 is 17.5 Å². The highest BCUT2D eigenvalue weighted by atomic mass is 32.2. The van der Waals surface area contributed by atoms with Crippen molar-refractivity contribution in [1.82, 2.24) is 9.21 Å². The molecule has 0 saturated carbocycles. The number of morpholine rings is 1. The lowest BCUT2D eigenvalue weighted by Crippen LogP contribution is -2.46. The van der Waals surface area contributed by atoms with Gasteiger partial charge in [0.15, 0.2) is 0 Å². The summed E-state index contributed by atoms with van der Waals surface area (Å²) in [6.45, 7) is 5.94. The van der Waals surface area contributed by atoms with E-state index in [0.29, 0.717) is 26.3 Å². The first kappa shape index (κ1) is 16.8. The number of hydrogen-bond acceptors (Lipinski definition) is 4. The molecule has 3 rings (SSSR count). The van der Waals surface area contributed by atoms with Crippen LogP contribution >= 0.6 is 0 Å². The van der Waals surface area contributed by atoms with Crippen LogP contribution in [0.2, 0.25) is 0 Å². The third-order valence-corrected chi connectivity index (χ3v) is 6.54. The van der Waals surface area contributed by atoms with Crippen LogP contribution < -0.4 is 0 Å². The molecule has 0 N–H and O–H groups in total. The highest BCUT2D eigenvalue weighted by molar-refractivity contribution is 7.89. The van der Waals surface area contributed by atoms with Crippen molar-refractivity contribution in [3.8, 4) is 0 Å². The molecule has 2 aliphatic rings. The van der Waals surface area contributed by atoms with Gasteiger partial charge in [-0.3, -0.25) is 4.90 Å². The molecule has 1 aromatic carbocycles. The Morgan fingerprint density at radius 2 is 2.00 bits per heavy atom. The van der Waals surface area contributed by atoms with Gasteiger partial charge in [-0.25, -0.2) is 12.8 Å². The van der Waals surface area contributed by atoms with Gasteiger partial charge in [0.25, 0.3) is 0 Å². The maximum absolute atomic E-state index is 14.1. The molecule has 128 valence electrons. The molecule has 0 aliphatic carbocycles. The predicted molar refractivity (Wildman–Crippen MR) is 85.3 cm³/mol. The third kappa shape index (κ3) is 3.57. The highest BCUT2D eigenvalue weighted by Gasteiger charge is 2.37. The van der Waals surface area contributed by atoms with Gasteiger partial charge in [-0.15, -0.1) is 0 Å². The van der Waals surface area contributed by atoms with Crippen LogP contribution in [0.1, 0.15) is 18.4 Å². The Labute approximate surface area is 137 Å². The van der Waals surface area contributed by atoms with Crippen molar-refractivity contribution in [2.75, 3.05) is 39.4 Å². The fourth-order valence-corrected chi connectivity index (χ4v) is 5.16. The number of aryl methyl sites for hydroxylation is 1. The van der Waals surface area contributed by atoms with Crippen molar-refractivity contribution in [2.45, 2.75) is 30.7 Å². The summed E-state index contributed by atoms with van der Waals surface area (Å²) in [7, 11) is -3.79. The molecule has 2 saturated heterocycles. The highest BCUT2D eigenvalue weighted by Crippen LogP contribution is 2.28. The number of rotatable bonds is 4. The van der Waals surface area contributed by atoms with Gasteiger partial charge in [0.1, 0.15) is 10.7 Å². The SMILES string of the molecule is Cc1ccc(F)c(S(=O)(=O)N2CCC[C@@H]2CN2CCOCC2)c1. The average molecular weight is 342 g/mol.